The van der Waals surface area contributed by atoms with Gasteiger partial charge in [0.15, 0.2) is 0 Å². The molecule has 0 aliphatic carbocycles. The SMILES string of the molecule is Cc1cccc(CN(C)CCCCC(C)(C)C(=O)O)c1. The van der Waals surface area contributed by atoms with Gasteiger partial charge in [0, 0.05) is 6.54 Å². The number of aliphatic carboxylic acids is 1. The lowest BCUT2D eigenvalue weighted by atomic mass is 9.87. The molecule has 0 saturated heterocycles. The van der Waals surface area contributed by atoms with Gasteiger partial charge in [0.25, 0.3) is 0 Å². The minimum absolute atomic E-state index is 0.602. The van der Waals surface area contributed by atoms with E-state index < -0.39 is 11.4 Å². The molecule has 0 unspecified atom stereocenters. The van der Waals surface area contributed by atoms with Crippen LogP contribution in [0.1, 0.15) is 44.2 Å². The van der Waals surface area contributed by atoms with E-state index in [1.165, 1.54) is 11.1 Å². The van der Waals surface area contributed by atoms with Gasteiger partial charge in [-0.25, -0.2) is 0 Å². The Morgan fingerprint density at radius 2 is 2.00 bits per heavy atom. The summed E-state index contributed by atoms with van der Waals surface area (Å²) in [7, 11) is 2.12. The van der Waals surface area contributed by atoms with Gasteiger partial charge in [-0.3, -0.25) is 4.79 Å². The lowest BCUT2D eigenvalue weighted by Gasteiger charge is -2.20. The van der Waals surface area contributed by atoms with Gasteiger partial charge in [-0.1, -0.05) is 36.2 Å². The number of rotatable bonds is 8. The van der Waals surface area contributed by atoms with Crippen LogP contribution in [0.3, 0.4) is 0 Å². The van der Waals surface area contributed by atoms with Gasteiger partial charge >= 0.3 is 5.97 Å². The summed E-state index contributed by atoms with van der Waals surface area (Å²) in [5, 5.41) is 9.06. The van der Waals surface area contributed by atoms with E-state index in [1.807, 2.05) is 0 Å². The molecule has 0 aliphatic rings. The lowest BCUT2D eigenvalue weighted by molar-refractivity contribution is -0.147. The maximum absolute atomic E-state index is 11.0. The molecular weight excluding hydrogens is 250 g/mol. The average molecular weight is 277 g/mol. The average Bonchev–Trinajstić information content (AvgIpc) is 2.34. The monoisotopic (exact) mass is 277 g/mol. The molecule has 0 fully saturated rings. The topological polar surface area (TPSA) is 40.5 Å². The fourth-order valence-electron chi connectivity index (χ4n) is 2.26. The highest BCUT2D eigenvalue weighted by Gasteiger charge is 2.25. The Balaban J connectivity index is 2.27. The van der Waals surface area contributed by atoms with Crippen LogP contribution in [0.2, 0.25) is 0 Å². The number of unbranched alkanes of at least 4 members (excludes halogenated alkanes) is 1. The number of carbonyl (C=O) groups is 1. The molecule has 112 valence electrons. The highest BCUT2D eigenvalue weighted by atomic mass is 16.4. The standard InChI is InChI=1S/C17H27NO2/c1-14-8-7-9-15(12-14)13-18(4)11-6-5-10-17(2,3)16(19)20/h7-9,12H,5-6,10-11,13H2,1-4H3,(H,19,20). The van der Waals surface area contributed by atoms with Gasteiger partial charge in [-0.15, -0.1) is 0 Å². The maximum atomic E-state index is 11.0. The second-order valence-corrected chi connectivity index (χ2v) is 6.37. The lowest BCUT2D eigenvalue weighted by Crippen LogP contribution is -2.24. The number of hydrogen-bond acceptors (Lipinski definition) is 2. The number of aryl methyl sites for hydroxylation is 1. The summed E-state index contributed by atoms with van der Waals surface area (Å²) >= 11 is 0. The van der Waals surface area contributed by atoms with Crippen molar-refractivity contribution in [2.24, 2.45) is 5.41 Å². The van der Waals surface area contributed by atoms with Crippen molar-refractivity contribution in [2.75, 3.05) is 13.6 Å². The fourth-order valence-corrected chi connectivity index (χ4v) is 2.26. The van der Waals surface area contributed by atoms with Crippen LogP contribution in [0.5, 0.6) is 0 Å². The number of benzene rings is 1. The van der Waals surface area contributed by atoms with Crippen LogP contribution >= 0.6 is 0 Å². The first-order chi connectivity index (χ1) is 9.31. The van der Waals surface area contributed by atoms with Crippen LogP contribution in [0.15, 0.2) is 24.3 Å². The van der Waals surface area contributed by atoms with Crippen molar-refractivity contribution in [3.8, 4) is 0 Å². The third-order valence-corrected chi connectivity index (χ3v) is 3.71. The first-order valence-corrected chi connectivity index (χ1v) is 7.29. The second-order valence-electron chi connectivity index (χ2n) is 6.37. The smallest absolute Gasteiger partial charge is 0.309 e. The predicted octanol–water partition coefficient (Wildman–Crippen LogP) is 3.71. The van der Waals surface area contributed by atoms with Crippen molar-refractivity contribution >= 4 is 5.97 Å². The first-order valence-electron chi connectivity index (χ1n) is 7.29. The van der Waals surface area contributed by atoms with Crippen molar-refractivity contribution in [1.82, 2.24) is 4.90 Å². The molecule has 1 rings (SSSR count). The molecule has 0 heterocycles. The summed E-state index contributed by atoms with van der Waals surface area (Å²) in [4.78, 5) is 13.3. The van der Waals surface area contributed by atoms with Crippen LogP contribution in [0.4, 0.5) is 0 Å². The van der Waals surface area contributed by atoms with E-state index in [4.69, 9.17) is 5.11 Å². The third-order valence-electron chi connectivity index (χ3n) is 3.71. The zero-order valence-corrected chi connectivity index (χ0v) is 13.1. The molecule has 0 aromatic heterocycles. The van der Waals surface area contributed by atoms with Crippen LogP contribution in [-0.2, 0) is 11.3 Å². The van der Waals surface area contributed by atoms with Gasteiger partial charge in [-0.2, -0.15) is 0 Å². The normalized spacial score (nSPS) is 11.8. The number of nitrogens with zero attached hydrogens (tertiary/aromatic N) is 1. The van der Waals surface area contributed by atoms with Crippen molar-refractivity contribution in [3.05, 3.63) is 35.4 Å². The van der Waals surface area contributed by atoms with E-state index >= 15 is 0 Å². The van der Waals surface area contributed by atoms with E-state index in [1.54, 1.807) is 13.8 Å². The van der Waals surface area contributed by atoms with Gasteiger partial charge in [-0.05, 0) is 52.8 Å². The molecule has 1 N–H and O–H groups in total. The minimum Gasteiger partial charge on any atom is -0.481 e. The van der Waals surface area contributed by atoms with Crippen LogP contribution in [0.25, 0.3) is 0 Å². The van der Waals surface area contributed by atoms with E-state index in [9.17, 15) is 4.79 Å². The molecule has 0 amide bonds. The number of hydrogen-bond donors (Lipinski definition) is 1. The predicted molar refractivity (Wildman–Crippen MR) is 82.8 cm³/mol. The van der Waals surface area contributed by atoms with Crippen LogP contribution in [-0.4, -0.2) is 29.6 Å². The summed E-state index contributed by atoms with van der Waals surface area (Å²) in [5.74, 6) is -0.703. The van der Waals surface area contributed by atoms with Crippen molar-refractivity contribution in [3.63, 3.8) is 0 Å². The van der Waals surface area contributed by atoms with E-state index in [0.29, 0.717) is 0 Å². The summed E-state index contributed by atoms with van der Waals surface area (Å²) in [5.41, 5.74) is 2.02. The molecule has 0 radical (unpaired) electrons. The maximum Gasteiger partial charge on any atom is 0.309 e. The van der Waals surface area contributed by atoms with Crippen LogP contribution in [0, 0.1) is 12.3 Å². The Kier molecular flexibility index (Phi) is 6.21. The molecule has 20 heavy (non-hydrogen) atoms. The van der Waals surface area contributed by atoms with E-state index in [0.717, 1.165) is 32.4 Å². The molecule has 3 heteroatoms. The summed E-state index contributed by atoms with van der Waals surface area (Å²) in [6.07, 6.45) is 2.73. The van der Waals surface area contributed by atoms with E-state index in [-0.39, 0.29) is 0 Å². The Labute approximate surface area is 122 Å². The highest BCUT2D eigenvalue weighted by Crippen LogP contribution is 2.23. The van der Waals surface area contributed by atoms with Gasteiger partial charge < -0.3 is 10.0 Å². The van der Waals surface area contributed by atoms with Crippen molar-refractivity contribution in [1.29, 1.82) is 0 Å². The molecule has 0 atom stereocenters. The largest absolute Gasteiger partial charge is 0.481 e. The van der Waals surface area contributed by atoms with E-state index in [2.05, 4.69) is 43.1 Å². The Morgan fingerprint density at radius 1 is 1.30 bits per heavy atom. The molecule has 0 aliphatic heterocycles. The van der Waals surface area contributed by atoms with Crippen LogP contribution < -0.4 is 0 Å². The molecular formula is C17H27NO2. The van der Waals surface area contributed by atoms with Gasteiger partial charge in [0.1, 0.15) is 0 Å². The first kappa shape index (κ1) is 16.7. The van der Waals surface area contributed by atoms with Crippen molar-refractivity contribution < 1.29 is 9.90 Å². The highest BCUT2D eigenvalue weighted by molar-refractivity contribution is 5.73. The zero-order valence-electron chi connectivity index (χ0n) is 13.1. The molecule has 0 saturated carbocycles. The number of carboxylic acids is 1. The quantitative estimate of drug-likeness (QED) is 0.736. The Hall–Kier alpha value is -1.35. The van der Waals surface area contributed by atoms with Gasteiger partial charge in [0.05, 0.1) is 5.41 Å². The molecule has 3 nitrogen and oxygen atoms in total. The molecule has 0 spiro atoms. The van der Waals surface area contributed by atoms with Gasteiger partial charge in [0.2, 0.25) is 0 Å². The molecule has 0 bridgehead atoms. The second kappa shape index (κ2) is 7.44. The fraction of sp³-hybridized carbons (Fsp3) is 0.588. The van der Waals surface area contributed by atoms with Crippen molar-refractivity contribution in [2.45, 2.75) is 46.6 Å². The minimum atomic E-state index is -0.703. The Morgan fingerprint density at radius 3 is 2.60 bits per heavy atom. The molecule has 1 aromatic carbocycles. The third kappa shape index (κ3) is 5.74. The zero-order chi connectivity index (χ0) is 15.2. The summed E-state index contributed by atoms with van der Waals surface area (Å²) < 4.78 is 0. The number of carboxylic acid groups (broad SMARTS) is 1. The summed E-state index contributed by atoms with van der Waals surface area (Å²) in [6.45, 7) is 7.66. The Bertz CT molecular complexity index is 440. The summed E-state index contributed by atoms with van der Waals surface area (Å²) in [6, 6.07) is 8.56. The molecule has 1 aromatic rings.